The summed E-state index contributed by atoms with van der Waals surface area (Å²) in [6.07, 6.45) is 3.94. The lowest BCUT2D eigenvalue weighted by molar-refractivity contribution is -0.119. The van der Waals surface area contributed by atoms with Gasteiger partial charge in [-0.15, -0.1) is 11.8 Å². The number of hydrogen-bond acceptors (Lipinski definition) is 5. The van der Waals surface area contributed by atoms with Crippen molar-refractivity contribution >= 4 is 34.9 Å². The van der Waals surface area contributed by atoms with Crippen LogP contribution in [0.4, 0.5) is 4.79 Å². The minimum absolute atomic E-state index is 0.0834. The number of aliphatic imine (C=N–C) groups is 1. The molecule has 4 rings (SSSR count). The summed E-state index contributed by atoms with van der Waals surface area (Å²) in [4.78, 5) is 31.7. The number of allylic oxidation sites excluding steroid dienone is 1. The molecule has 2 heterocycles. The third-order valence-corrected chi connectivity index (χ3v) is 7.49. The number of carbonyl (C=O) groups is 2. The fourth-order valence-corrected chi connectivity index (χ4v) is 5.57. The second-order valence-electron chi connectivity index (χ2n) is 8.50. The van der Waals surface area contributed by atoms with Gasteiger partial charge in [0.15, 0.2) is 0 Å². The molecule has 6 heteroatoms. The third-order valence-electron chi connectivity index (χ3n) is 6.14. The number of hydrogen-bond donors (Lipinski definition) is 0. The standard InChI is InChI=1S/C27H30N2O3S/c1-3-23(30)13-14-26-29(27(31)32-17-20-7-5-4-6-8-20)25(18-33-26)24-15-22(16-28-24)21-11-9-19(2)10-12-21/h4-12,16,25-26H,3,13-15,17-18H2,1-2H3/t25-,26?/m0/s1. The summed E-state index contributed by atoms with van der Waals surface area (Å²) >= 11 is 1.72. The number of rotatable bonds is 8. The molecule has 0 saturated carbocycles. The van der Waals surface area contributed by atoms with Gasteiger partial charge in [0, 0.05) is 36.9 Å². The molecule has 2 aliphatic rings. The highest BCUT2D eigenvalue weighted by Crippen LogP contribution is 2.37. The van der Waals surface area contributed by atoms with Crippen LogP contribution in [0.25, 0.3) is 5.57 Å². The Hall–Kier alpha value is -2.86. The fraction of sp³-hybridized carbons (Fsp3) is 0.370. The lowest BCUT2D eigenvalue weighted by Crippen LogP contribution is -2.45. The van der Waals surface area contributed by atoms with Gasteiger partial charge >= 0.3 is 6.09 Å². The number of aryl methyl sites for hydroxylation is 1. The summed E-state index contributed by atoms with van der Waals surface area (Å²) in [7, 11) is 0. The predicted octanol–water partition coefficient (Wildman–Crippen LogP) is 6.02. The van der Waals surface area contributed by atoms with E-state index in [-0.39, 0.29) is 29.9 Å². The Kier molecular flexibility index (Phi) is 7.65. The van der Waals surface area contributed by atoms with Crippen molar-refractivity contribution in [1.29, 1.82) is 0 Å². The van der Waals surface area contributed by atoms with Gasteiger partial charge in [-0.2, -0.15) is 0 Å². The maximum Gasteiger partial charge on any atom is 0.411 e. The van der Waals surface area contributed by atoms with Gasteiger partial charge in [0.1, 0.15) is 12.4 Å². The SMILES string of the molecule is CCC(=O)CCC1SC[C@@H](C2=NC=C(c3ccc(C)cc3)C2)N1C(=O)OCc1ccccc1. The lowest BCUT2D eigenvalue weighted by Gasteiger charge is -2.29. The van der Waals surface area contributed by atoms with Crippen LogP contribution in [0.2, 0.25) is 0 Å². The van der Waals surface area contributed by atoms with Crippen molar-refractivity contribution in [3.05, 3.63) is 77.5 Å². The van der Waals surface area contributed by atoms with E-state index in [4.69, 9.17) is 9.73 Å². The van der Waals surface area contributed by atoms with Crippen LogP contribution in [-0.4, -0.2) is 39.7 Å². The summed E-state index contributed by atoms with van der Waals surface area (Å²) in [6, 6.07) is 18.0. The summed E-state index contributed by atoms with van der Waals surface area (Å²) in [5.74, 6) is 0.984. The number of ketones is 1. The molecule has 2 aromatic rings. The average molecular weight is 463 g/mol. The Morgan fingerprint density at radius 3 is 2.61 bits per heavy atom. The molecule has 2 atom stereocenters. The summed E-state index contributed by atoms with van der Waals surface area (Å²) in [6.45, 7) is 4.19. The zero-order chi connectivity index (χ0) is 23.2. The Bertz CT molecular complexity index is 1050. The van der Waals surface area contributed by atoms with Crippen LogP contribution < -0.4 is 0 Å². The van der Waals surface area contributed by atoms with E-state index in [1.165, 1.54) is 5.56 Å². The van der Waals surface area contributed by atoms with Crippen LogP contribution in [0, 0.1) is 6.92 Å². The molecule has 0 N–H and O–H groups in total. The molecule has 2 aliphatic heterocycles. The Morgan fingerprint density at radius 2 is 1.88 bits per heavy atom. The number of ether oxygens (including phenoxy) is 1. The van der Waals surface area contributed by atoms with Gasteiger partial charge in [0.25, 0.3) is 0 Å². The molecule has 5 nitrogen and oxygen atoms in total. The third kappa shape index (κ3) is 5.74. The van der Waals surface area contributed by atoms with Gasteiger partial charge in [0.05, 0.1) is 11.4 Å². The fourth-order valence-electron chi connectivity index (χ4n) is 4.14. The number of nitrogens with zero attached hydrogens (tertiary/aromatic N) is 2. The molecule has 0 aromatic heterocycles. The molecule has 0 aliphatic carbocycles. The van der Waals surface area contributed by atoms with Crippen molar-refractivity contribution in [2.24, 2.45) is 4.99 Å². The predicted molar refractivity (Wildman–Crippen MR) is 134 cm³/mol. The van der Waals surface area contributed by atoms with Gasteiger partial charge < -0.3 is 4.74 Å². The zero-order valence-electron chi connectivity index (χ0n) is 19.2. The Morgan fingerprint density at radius 1 is 1.12 bits per heavy atom. The van der Waals surface area contributed by atoms with E-state index in [0.717, 1.165) is 34.6 Å². The van der Waals surface area contributed by atoms with Gasteiger partial charge in [-0.3, -0.25) is 14.7 Å². The maximum absolute atomic E-state index is 13.2. The average Bonchev–Trinajstić information content (AvgIpc) is 3.49. The second kappa shape index (κ2) is 10.8. The van der Waals surface area contributed by atoms with Crippen molar-refractivity contribution in [2.45, 2.75) is 57.6 Å². The van der Waals surface area contributed by atoms with Crippen molar-refractivity contribution < 1.29 is 14.3 Å². The van der Waals surface area contributed by atoms with Crippen LogP contribution >= 0.6 is 11.8 Å². The molecule has 1 unspecified atom stereocenters. The highest BCUT2D eigenvalue weighted by Gasteiger charge is 2.41. The number of thioether (sulfide) groups is 1. The molecule has 1 amide bonds. The first kappa shape index (κ1) is 23.3. The van der Waals surface area contributed by atoms with E-state index in [1.807, 2.05) is 48.4 Å². The smallest absolute Gasteiger partial charge is 0.411 e. The van der Waals surface area contributed by atoms with E-state index in [0.29, 0.717) is 19.3 Å². The summed E-state index contributed by atoms with van der Waals surface area (Å²) in [5, 5.41) is -0.0834. The van der Waals surface area contributed by atoms with E-state index in [9.17, 15) is 9.59 Å². The molecule has 172 valence electrons. The molecule has 0 radical (unpaired) electrons. The van der Waals surface area contributed by atoms with Crippen LogP contribution in [-0.2, 0) is 16.1 Å². The van der Waals surface area contributed by atoms with Gasteiger partial charge in [-0.05, 0) is 30.0 Å². The topological polar surface area (TPSA) is 59.0 Å². The molecule has 0 bridgehead atoms. The minimum Gasteiger partial charge on any atom is -0.445 e. The summed E-state index contributed by atoms with van der Waals surface area (Å²) < 4.78 is 5.71. The Labute approximate surface area is 199 Å². The molecule has 1 fully saturated rings. The van der Waals surface area contributed by atoms with Gasteiger partial charge in [0.2, 0.25) is 0 Å². The Balaban J connectivity index is 1.46. The van der Waals surface area contributed by atoms with Crippen molar-refractivity contribution in [2.75, 3.05) is 5.75 Å². The van der Waals surface area contributed by atoms with Gasteiger partial charge in [-0.1, -0.05) is 67.1 Å². The van der Waals surface area contributed by atoms with Crippen molar-refractivity contribution in [3.8, 4) is 0 Å². The monoisotopic (exact) mass is 462 g/mol. The number of carbonyl (C=O) groups excluding carboxylic acids is 2. The summed E-state index contributed by atoms with van der Waals surface area (Å²) in [5.41, 5.74) is 5.49. The first-order valence-corrected chi connectivity index (χ1v) is 12.5. The number of amides is 1. The highest BCUT2D eigenvalue weighted by atomic mass is 32.2. The lowest BCUT2D eigenvalue weighted by atomic mass is 9.99. The van der Waals surface area contributed by atoms with E-state index in [1.54, 1.807) is 11.8 Å². The van der Waals surface area contributed by atoms with Gasteiger partial charge in [-0.25, -0.2) is 4.79 Å². The van der Waals surface area contributed by atoms with Crippen molar-refractivity contribution in [1.82, 2.24) is 4.90 Å². The molecule has 1 saturated heterocycles. The molecular formula is C27H30N2O3S. The molecule has 33 heavy (non-hydrogen) atoms. The molecular weight excluding hydrogens is 432 g/mol. The first-order chi connectivity index (χ1) is 16.0. The first-order valence-electron chi connectivity index (χ1n) is 11.5. The van der Waals surface area contributed by atoms with E-state index < -0.39 is 0 Å². The normalized spacial score (nSPS) is 19.9. The second-order valence-corrected chi connectivity index (χ2v) is 9.71. The zero-order valence-corrected chi connectivity index (χ0v) is 20.0. The largest absolute Gasteiger partial charge is 0.445 e. The number of Topliss-reactive ketones (excluding diaryl/α,β-unsaturated/α-hetero) is 1. The molecule has 0 spiro atoms. The number of benzene rings is 2. The van der Waals surface area contributed by atoms with Crippen LogP contribution in [0.1, 0.15) is 49.3 Å². The minimum atomic E-state index is -0.339. The van der Waals surface area contributed by atoms with E-state index >= 15 is 0 Å². The van der Waals surface area contributed by atoms with Crippen LogP contribution in [0.3, 0.4) is 0 Å². The maximum atomic E-state index is 13.2. The van der Waals surface area contributed by atoms with Crippen LogP contribution in [0.5, 0.6) is 0 Å². The highest BCUT2D eigenvalue weighted by molar-refractivity contribution is 8.00. The van der Waals surface area contributed by atoms with E-state index in [2.05, 4.69) is 31.2 Å². The van der Waals surface area contributed by atoms with Crippen molar-refractivity contribution in [3.63, 3.8) is 0 Å². The molecule has 2 aromatic carbocycles. The quantitative estimate of drug-likeness (QED) is 0.481. The van der Waals surface area contributed by atoms with Crippen LogP contribution in [0.15, 0.2) is 65.8 Å².